The molecule has 1 aliphatic rings. The minimum Gasteiger partial charge on any atom is -0.347 e. The second kappa shape index (κ2) is 7.92. The molecule has 2 aromatic rings. The zero-order chi connectivity index (χ0) is 15.9. The summed E-state index contributed by atoms with van der Waals surface area (Å²) in [6, 6.07) is 10.2. The molecule has 1 saturated heterocycles. The smallest absolute Gasteiger partial charge is 0.269 e. The lowest BCUT2D eigenvalue weighted by atomic mass is 10.1. The molecule has 0 atom stereocenters. The number of carbonyl (C=O) groups excluding carboxylic acids is 1. The van der Waals surface area contributed by atoms with Gasteiger partial charge in [0, 0.05) is 19.3 Å². The molecule has 0 aliphatic carbocycles. The lowest BCUT2D eigenvalue weighted by molar-refractivity contribution is 0.0946. The zero-order valence-electron chi connectivity index (χ0n) is 13.4. The largest absolute Gasteiger partial charge is 0.347 e. The lowest BCUT2D eigenvalue weighted by Crippen LogP contribution is -2.24. The monoisotopic (exact) mass is 312 g/mol. The fraction of sp³-hybridized carbons (Fsp3) is 0.444. The van der Waals surface area contributed by atoms with Gasteiger partial charge < -0.3 is 5.32 Å². The first-order valence-corrected chi connectivity index (χ1v) is 8.39. The van der Waals surface area contributed by atoms with Crippen molar-refractivity contribution in [3.05, 3.63) is 53.3 Å². The Balaban J connectivity index is 1.49. The number of rotatable bonds is 5. The Bertz CT molecular complexity index is 598. The Morgan fingerprint density at radius 1 is 1.04 bits per heavy atom. The normalized spacial score (nSPS) is 16.0. The van der Waals surface area contributed by atoms with Crippen molar-refractivity contribution < 1.29 is 4.79 Å². The molecular formula is C18H24N4O. The third kappa shape index (κ3) is 4.66. The van der Waals surface area contributed by atoms with Gasteiger partial charge in [0.2, 0.25) is 0 Å². The first kappa shape index (κ1) is 15.7. The number of amides is 1. The molecule has 122 valence electrons. The Kier molecular flexibility index (Phi) is 5.42. The van der Waals surface area contributed by atoms with E-state index in [4.69, 9.17) is 0 Å². The maximum absolute atomic E-state index is 11.9. The van der Waals surface area contributed by atoms with E-state index in [1.807, 2.05) is 0 Å². The highest BCUT2D eigenvalue weighted by Crippen LogP contribution is 2.14. The fourth-order valence-electron chi connectivity index (χ4n) is 2.97. The standard InChI is InChI=1S/C18H24N4O/c23-18(17-9-10-20-21-17)19-13-15-5-7-16(8-6-15)14-22-11-3-1-2-4-12-22/h5-10H,1-4,11-14H2,(H,19,23)(H,20,21). The van der Waals surface area contributed by atoms with E-state index < -0.39 is 0 Å². The van der Waals surface area contributed by atoms with Crippen molar-refractivity contribution in [3.8, 4) is 0 Å². The summed E-state index contributed by atoms with van der Waals surface area (Å²) in [5.41, 5.74) is 2.94. The molecule has 1 fully saturated rings. The number of hydrogen-bond donors (Lipinski definition) is 2. The van der Waals surface area contributed by atoms with Crippen molar-refractivity contribution in [3.63, 3.8) is 0 Å². The van der Waals surface area contributed by atoms with Crippen molar-refractivity contribution in [2.24, 2.45) is 0 Å². The van der Waals surface area contributed by atoms with Crippen molar-refractivity contribution >= 4 is 5.91 Å². The molecule has 0 spiro atoms. The molecule has 2 heterocycles. The number of nitrogens with one attached hydrogen (secondary N) is 2. The second-order valence-electron chi connectivity index (χ2n) is 6.16. The predicted molar refractivity (Wildman–Crippen MR) is 89.9 cm³/mol. The molecule has 1 amide bonds. The number of likely N-dealkylation sites (tertiary alicyclic amines) is 1. The molecule has 0 bridgehead atoms. The van der Waals surface area contributed by atoms with Crippen LogP contribution in [-0.4, -0.2) is 34.1 Å². The van der Waals surface area contributed by atoms with E-state index in [1.165, 1.54) is 44.3 Å². The average Bonchev–Trinajstić information content (AvgIpc) is 3.00. The average molecular weight is 312 g/mol. The van der Waals surface area contributed by atoms with Crippen LogP contribution >= 0.6 is 0 Å². The summed E-state index contributed by atoms with van der Waals surface area (Å²) < 4.78 is 0. The van der Waals surface area contributed by atoms with E-state index in [1.54, 1.807) is 12.3 Å². The van der Waals surface area contributed by atoms with E-state index in [0.29, 0.717) is 12.2 Å². The van der Waals surface area contributed by atoms with Crippen LogP contribution in [0.1, 0.15) is 47.3 Å². The molecule has 0 radical (unpaired) electrons. The quantitative estimate of drug-likeness (QED) is 0.892. The molecule has 2 N–H and O–H groups in total. The lowest BCUT2D eigenvalue weighted by Gasteiger charge is -2.19. The van der Waals surface area contributed by atoms with Crippen LogP contribution in [0.15, 0.2) is 36.5 Å². The summed E-state index contributed by atoms with van der Waals surface area (Å²) in [5, 5.41) is 9.34. The highest BCUT2D eigenvalue weighted by molar-refractivity contribution is 5.91. The maximum Gasteiger partial charge on any atom is 0.269 e. The maximum atomic E-state index is 11.9. The first-order chi connectivity index (χ1) is 11.3. The third-order valence-corrected chi connectivity index (χ3v) is 4.33. The molecule has 5 nitrogen and oxygen atoms in total. The highest BCUT2D eigenvalue weighted by Gasteiger charge is 2.09. The van der Waals surface area contributed by atoms with Crippen LogP contribution < -0.4 is 5.32 Å². The molecule has 1 aromatic heterocycles. The van der Waals surface area contributed by atoms with Gasteiger partial charge in [0.25, 0.3) is 5.91 Å². The van der Waals surface area contributed by atoms with Gasteiger partial charge in [-0.05, 0) is 43.1 Å². The van der Waals surface area contributed by atoms with Gasteiger partial charge in [0.1, 0.15) is 5.69 Å². The molecule has 1 aromatic carbocycles. The Labute approximate surface area is 137 Å². The topological polar surface area (TPSA) is 61.0 Å². The van der Waals surface area contributed by atoms with E-state index in [0.717, 1.165) is 12.1 Å². The molecule has 3 rings (SSSR count). The number of nitrogens with zero attached hydrogens (tertiary/aromatic N) is 2. The first-order valence-electron chi connectivity index (χ1n) is 8.39. The predicted octanol–water partition coefficient (Wildman–Crippen LogP) is 2.72. The minimum atomic E-state index is -0.129. The summed E-state index contributed by atoms with van der Waals surface area (Å²) in [4.78, 5) is 14.4. The fourth-order valence-corrected chi connectivity index (χ4v) is 2.97. The van der Waals surface area contributed by atoms with Crippen LogP contribution in [0, 0.1) is 0 Å². The Morgan fingerprint density at radius 2 is 1.74 bits per heavy atom. The van der Waals surface area contributed by atoms with E-state index >= 15 is 0 Å². The summed E-state index contributed by atoms with van der Waals surface area (Å²) >= 11 is 0. The number of hydrogen-bond acceptors (Lipinski definition) is 3. The molecule has 1 aliphatic heterocycles. The van der Waals surface area contributed by atoms with Gasteiger partial charge in [-0.1, -0.05) is 37.1 Å². The van der Waals surface area contributed by atoms with Gasteiger partial charge in [0.05, 0.1) is 0 Å². The van der Waals surface area contributed by atoms with E-state index in [-0.39, 0.29) is 5.91 Å². The van der Waals surface area contributed by atoms with Crippen LogP contribution in [-0.2, 0) is 13.1 Å². The van der Waals surface area contributed by atoms with Gasteiger partial charge >= 0.3 is 0 Å². The van der Waals surface area contributed by atoms with Gasteiger partial charge in [-0.2, -0.15) is 5.10 Å². The van der Waals surface area contributed by atoms with Crippen LogP contribution in [0.25, 0.3) is 0 Å². The van der Waals surface area contributed by atoms with Crippen LogP contribution in [0.5, 0.6) is 0 Å². The van der Waals surface area contributed by atoms with Crippen LogP contribution in [0.3, 0.4) is 0 Å². The zero-order valence-corrected chi connectivity index (χ0v) is 13.4. The number of carbonyl (C=O) groups is 1. The number of benzene rings is 1. The van der Waals surface area contributed by atoms with E-state index in [2.05, 4.69) is 44.7 Å². The number of aromatic amines is 1. The Hall–Kier alpha value is -2.14. The van der Waals surface area contributed by atoms with Gasteiger partial charge in [-0.25, -0.2) is 0 Å². The third-order valence-electron chi connectivity index (χ3n) is 4.33. The number of aromatic nitrogens is 2. The summed E-state index contributed by atoms with van der Waals surface area (Å²) in [7, 11) is 0. The highest BCUT2D eigenvalue weighted by atomic mass is 16.1. The van der Waals surface area contributed by atoms with Crippen molar-refractivity contribution in [1.82, 2.24) is 20.4 Å². The molecular weight excluding hydrogens is 288 g/mol. The molecule has 5 heteroatoms. The van der Waals surface area contributed by atoms with E-state index in [9.17, 15) is 4.79 Å². The summed E-state index contributed by atoms with van der Waals surface area (Å²) in [6.07, 6.45) is 6.94. The van der Waals surface area contributed by atoms with Gasteiger partial charge in [-0.15, -0.1) is 0 Å². The van der Waals surface area contributed by atoms with Crippen molar-refractivity contribution in [2.45, 2.75) is 38.8 Å². The molecule has 0 saturated carbocycles. The van der Waals surface area contributed by atoms with Crippen molar-refractivity contribution in [2.75, 3.05) is 13.1 Å². The van der Waals surface area contributed by atoms with Gasteiger partial charge in [0.15, 0.2) is 0 Å². The summed E-state index contributed by atoms with van der Waals surface area (Å²) in [6.45, 7) is 3.98. The number of H-pyrrole nitrogens is 1. The van der Waals surface area contributed by atoms with Gasteiger partial charge in [-0.3, -0.25) is 14.8 Å². The second-order valence-corrected chi connectivity index (χ2v) is 6.16. The minimum absolute atomic E-state index is 0.129. The summed E-state index contributed by atoms with van der Waals surface area (Å²) in [5.74, 6) is -0.129. The van der Waals surface area contributed by atoms with Crippen LogP contribution in [0.2, 0.25) is 0 Å². The SMILES string of the molecule is O=C(NCc1ccc(CN2CCCCCC2)cc1)c1ccn[nH]1. The van der Waals surface area contributed by atoms with Crippen molar-refractivity contribution in [1.29, 1.82) is 0 Å². The van der Waals surface area contributed by atoms with Crippen LogP contribution in [0.4, 0.5) is 0 Å². The Morgan fingerprint density at radius 3 is 2.39 bits per heavy atom. The molecule has 0 unspecified atom stereocenters. The molecule has 23 heavy (non-hydrogen) atoms.